The van der Waals surface area contributed by atoms with Gasteiger partial charge in [0.1, 0.15) is 0 Å². The van der Waals surface area contributed by atoms with Crippen molar-refractivity contribution < 1.29 is 8.42 Å². The zero-order valence-electron chi connectivity index (χ0n) is 14.1. The van der Waals surface area contributed by atoms with Gasteiger partial charge in [-0.1, -0.05) is 17.7 Å². The highest BCUT2D eigenvalue weighted by Gasteiger charge is 2.21. The molecule has 1 fully saturated rings. The van der Waals surface area contributed by atoms with Crippen LogP contribution in [0.5, 0.6) is 0 Å². The zero-order valence-corrected chi connectivity index (χ0v) is 15.0. The summed E-state index contributed by atoms with van der Waals surface area (Å²) in [6.45, 7) is 10.1. The summed E-state index contributed by atoms with van der Waals surface area (Å²) in [5.41, 5.74) is 5.44. The minimum Gasteiger partial charge on any atom is -0.299 e. The SMILES string of the molecule is Cc1cc(C)c(CN2CCCC(CNS(C)(=O)=O)C2)c(C)c1. The van der Waals surface area contributed by atoms with Gasteiger partial charge in [0.15, 0.2) is 0 Å². The van der Waals surface area contributed by atoms with Crippen molar-refractivity contribution in [2.24, 2.45) is 5.92 Å². The molecule has 0 aromatic heterocycles. The summed E-state index contributed by atoms with van der Waals surface area (Å²) >= 11 is 0. The largest absolute Gasteiger partial charge is 0.299 e. The van der Waals surface area contributed by atoms with Crippen LogP contribution >= 0.6 is 0 Å². The Balaban J connectivity index is 1.99. The van der Waals surface area contributed by atoms with E-state index >= 15 is 0 Å². The summed E-state index contributed by atoms with van der Waals surface area (Å²) in [7, 11) is -3.09. The van der Waals surface area contributed by atoms with Gasteiger partial charge in [-0.15, -0.1) is 0 Å². The van der Waals surface area contributed by atoms with E-state index in [2.05, 4.69) is 42.5 Å². The summed E-state index contributed by atoms with van der Waals surface area (Å²) in [6, 6.07) is 4.49. The lowest BCUT2D eigenvalue weighted by molar-refractivity contribution is 0.168. The lowest BCUT2D eigenvalue weighted by Crippen LogP contribution is -2.40. The topological polar surface area (TPSA) is 49.4 Å². The van der Waals surface area contributed by atoms with Gasteiger partial charge in [0.2, 0.25) is 10.0 Å². The Morgan fingerprint density at radius 1 is 1.23 bits per heavy atom. The molecule has 0 bridgehead atoms. The average Bonchev–Trinajstić information content (AvgIpc) is 2.40. The van der Waals surface area contributed by atoms with Gasteiger partial charge in [0.25, 0.3) is 0 Å². The Labute approximate surface area is 135 Å². The van der Waals surface area contributed by atoms with Crippen LogP contribution in [0.25, 0.3) is 0 Å². The third kappa shape index (κ3) is 5.07. The van der Waals surface area contributed by atoms with E-state index in [1.807, 2.05) is 0 Å². The first kappa shape index (κ1) is 17.4. The Morgan fingerprint density at radius 3 is 2.45 bits per heavy atom. The van der Waals surface area contributed by atoms with Crippen molar-refractivity contribution in [3.05, 3.63) is 34.4 Å². The van der Waals surface area contributed by atoms with Gasteiger partial charge in [-0.25, -0.2) is 13.1 Å². The van der Waals surface area contributed by atoms with Gasteiger partial charge in [-0.2, -0.15) is 0 Å². The molecule has 1 heterocycles. The van der Waals surface area contributed by atoms with Crippen molar-refractivity contribution in [1.29, 1.82) is 0 Å². The number of hydrogen-bond donors (Lipinski definition) is 1. The zero-order chi connectivity index (χ0) is 16.3. The number of hydrogen-bond acceptors (Lipinski definition) is 3. The van der Waals surface area contributed by atoms with Crippen molar-refractivity contribution in [2.45, 2.75) is 40.2 Å². The van der Waals surface area contributed by atoms with Gasteiger partial charge < -0.3 is 0 Å². The third-order valence-corrected chi connectivity index (χ3v) is 5.15. The number of piperidine rings is 1. The van der Waals surface area contributed by atoms with E-state index in [1.165, 1.54) is 28.5 Å². The Hall–Kier alpha value is -0.910. The van der Waals surface area contributed by atoms with E-state index in [1.54, 1.807) is 0 Å². The maximum absolute atomic E-state index is 11.2. The quantitative estimate of drug-likeness (QED) is 0.904. The normalized spacial score (nSPS) is 20.3. The Morgan fingerprint density at radius 2 is 1.86 bits per heavy atom. The van der Waals surface area contributed by atoms with Gasteiger partial charge in [0.05, 0.1) is 6.26 Å². The van der Waals surface area contributed by atoms with E-state index < -0.39 is 10.0 Å². The van der Waals surface area contributed by atoms with Crippen LogP contribution < -0.4 is 4.72 Å². The van der Waals surface area contributed by atoms with Gasteiger partial charge >= 0.3 is 0 Å². The second-order valence-electron chi connectivity index (χ2n) is 6.74. The molecular weight excluding hydrogens is 296 g/mol. The van der Waals surface area contributed by atoms with Gasteiger partial charge in [-0.3, -0.25) is 4.90 Å². The van der Waals surface area contributed by atoms with Crippen LogP contribution in [-0.4, -0.2) is 39.2 Å². The Bertz CT molecular complexity index is 603. The molecule has 1 unspecified atom stereocenters. The fourth-order valence-electron chi connectivity index (χ4n) is 3.41. The highest BCUT2D eigenvalue weighted by molar-refractivity contribution is 7.88. The van der Waals surface area contributed by atoms with Gasteiger partial charge in [0, 0.05) is 19.6 Å². The fourth-order valence-corrected chi connectivity index (χ4v) is 3.95. The molecule has 1 aromatic carbocycles. The summed E-state index contributed by atoms with van der Waals surface area (Å²) in [6.07, 6.45) is 3.47. The standard InChI is InChI=1S/C17H28N2O2S/c1-13-8-14(2)17(15(3)9-13)12-19-7-5-6-16(11-19)10-18-22(4,20)21/h8-9,16,18H,5-7,10-12H2,1-4H3. The second kappa shape index (κ2) is 7.11. The van der Waals surface area contributed by atoms with Crippen molar-refractivity contribution in [3.8, 4) is 0 Å². The summed E-state index contributed by atoms with van der Waals surface area (Å²) in [5.74, 6) is 0.412. The van der Waals surface area contributed by atoms with Crippen LogP contribution in [0.3, 0.4) is 0 Å². The molecule has 2 rings (SSSR count). The van der Waals surface area contributed by atoms with Crippen LogP contribution in [0, 0.1) is 26.7 Å². The lowest BCUT2D eigenvalue weighted by atomic mass is 9.95. The molecule has 1 aromatic rings. The molecule has 0 aliphatic carbocycles. The molecule has 1 N–H and O–H groups in total. The minimum absolute atomic E-state index is 0.412. The van der Waals surface area contributed by atoms with Crippen LogP contribution in [0.1, 0.15) is 35.1 Å². The molecule has 22 heavy (non-hydrogen) atoms. The van der Waals surface area contributed by atoms with Gasteiger partial charge in [-0.05, 0) is 62.8 Å². The minimum atomic E-state index is -3.09. The molecule has 4 nitrogen and oxygen atoms in total. The molecular formula is C17H28N2O2S. The number of nitrogens with zero attached hydrogens (tertiary/aromatic N) is 1. The number of rotatable bonds is 5. The second-order valence-corrected chi connectivity index (χ2v) is 8.57. The lowest BCUT2D eigenvalue weighted by Gasteiger charge is -2.33. The van der Waals surface area contributed by atoms with Crippen molar-refractivity contribution in [1.82, 2.24) is 9.62 Å². The Kier molecular flexibility index (Phi) is 5.64. The molecule has 0 amide bonds. The molecule has 0 radical (unpaired) electrons. The van der Waals surface area contributed by atoms with Crippen LogP contribution in [0.2, 0.25) is 0 Å². The monoisotopic (exact) mass is 324 g/mol. The fraction of sp³-hybridized carbons (Fsp3) is 0.647. The maximum atomic E-state index is 11.2. The van der Waals surface area contributed by atoms with Crippen LogP contribution in [0.15, 0.2) is 12.1 Å². The molecule has 1 aliphatic rings. The molecule has 5 heteroatoms. The first-order valence-corrected chi connectivity index (χ1v) is 9.87. The molecule has 1 aliphatic heterocycles. The van der Waals surface area contributed by atoms with Crippen LogP contribution in [0.4, 0.5) is 0 Å². The van der Waals surface area contributed by atoms with E-state index in [9.17, 15) is 8.42 Å². The molecule has 124 valence electrons. The maximum Gasteiger partial charge on any atom is 0.208 e. The molecule has 1 saturated heterocycles. The summed E-state index contributed by atoms with van der Waals surface area (Å²) in [5, 5.41) is 0. The third-order valence-electron chi connectivity index (χ3n) is 4.46. The number of nitrogens with one attached hydrogen (secondary N) is 1. The number of sulfonamides is 1. The summed E-state index contributed by atoms with van der Waals surface area (Å²) < 4.78 is 25.1. The molecule has 1 atom stereocenters. The number of benzene rings is 1. The highest BCUT2D eigenvalue weighted by atomic mass is 32.2. The average molecular weight is 324 g/mol. The van der Waals surface area contributed by atoms with E-state index in [0.717, 1.165) is 32.5 Å². The van der Waals surface area contributed by atoms with E-state index in [0.29, 0.717) is 12.5 Å². The van der Waals surface area contributed by atoms with Crippen LogP contribution in [-0.2, 0) is 16.6 Å². The first-order valence-electron chi connectivity index (χ1n) is 7.98. The molecule has 0 spiro atoms. The number of aryl methyl sites for hydroxylation is 3. The van der Waals surface area contributed by atoms with Crippen molar-refractivity contribution in [3.63, 3.8) is 0 Å². The van der Waals surface area contributed by atoms with Crippen molar-refractivity contribution in [2.75, 3.05) is 25.9 Å². The predicted octanol–water partition coefficient (Wildman–Crippen LogP) is 2.37. The first-order chi connectivity index (χ1) is 10.2. The smallest absolute Gasteiger partial charge is 0.208 e. The van der Waals surface area contributed by atoms with E-state index in [-0.39, 0.29) is 0 Å². The summed E-state index contributed by atoms with van der Waals surface area (Å²) in [4.78, 5) is 2.46. The highest BCUT2D eigenvalue weighted by Crippen LogP contribution is 2.22. The van der Waals surface area contributed by atoms with Crippen molar-refractivity contribution >= 4 is 10.0 Å². The van der Waals surface area contributed by atoms with E-state index in [4.69, 9.17) is 0 Å². The predicted molar refractivity (Wildman–Crippen MR) is 91.5 cm³/mol. The number of likely N-dealkylation sites (tertiary alicyclic amines) is 1. The molecule has 0 saturated carbocycles.